The van der Waals surface area contributed by atoms with Gasteiger partial charge in [0.05, 0.1) is 0 Å². The monoisotopic (exact) mass is 198 g/mol. The Bertz CT molecular complexity index is 336. The van der Waals surface area contributed by atoms with Gasteiger partial charge >= 0.3 is 12.1 Å². The number of likely N-dealkylation sites (N-methyl/N-ethyl adjacent to an activating group) is 2. The molecule has 7 heteroatoms. The summed E-state index contributed by atoms with van der Waals surface area (Å²) in [5, 5.41) is 2.32. The predicted octanol–water partition coefficient (Wildman–Crippen LogP) is -0.752. The van der Waals surface area contributed by atoms with Gasteiger partial charge in [-0.05, 0) is 0 Å². The lowest BCUT2D eigenvalue weighted by Gasteiger charge is -2.14. The average Bonchev–Trinajstić information content (AvgIpc) is 2.43. The van der Waals surface area contributed by atoms with Crippen LogP contribution in [0, 0.1) is 0 Å². The van der Waals surface area contributed by atoms with Crippen molar-refractivity contribution in [3.05, 3.63) is 0 Å². The van der Waals surface area contributed by atoms with Crippen molar-refractivity contribution in [3.8, 4) is 0 Å². The Morgan fingerprint density at radius 1 is 1.50 bits per heavy atom. The zero-order chi connectivity index (χ0) is 10.9. The van der Waals surface area contributed by atoms with E-state index < -0.39 is 18.0 Å². The van der Waals surface area contributed by atoms with Crippen LogP contribution in [0.2, 0.25) is 0 Å². The second-order valence-corrected chi connectivity index (χ2v) is 2.70. The molecule has 0 aromatic rings. The van der Waals surface area contributed by atoms with Crippen LogP contribution in [0.3, 0.4) is 0 Å². The summed E-state index contributed by atoms with van der Waals surface area (Å²) in [6.45, 7) is 0. The lowest BCUT2D eigenvalue weighted by Crippen LogP contribution is -2.44. The van der Waals surface area contributed by atoms with Crippen LogP contribution < -0.4 is 5.32 Å². The molecule has 1 rings (SSSR count). The van der Waals surface area contributed by atoms with Crippen LogP contribution in [0.15, 0.2) is 4.99 Å². The summed E-state index contributed by atoms with van der Waals surface area (Å²) in [5.41, 5.74) is 0. The van der Waals surface area contributed by atoms with Gasteiger partial charge in [0.2, 0.25) is 5.84 Å². The van der Waals surface area contributed by atoms with Gasteiger partial charge in [-0.3, -0.25) is 14.6 Å². The van der Waals surface area contributed by atoms with Gasteiger partial charge < -0.3 is 5.32 Å². The quantitative estimate of drug-likeness (QED) is 0.555. The Kier molecular flexibility index (Phi) is 2.50. The minimum Gasteiger partial charge on any atom is -0.341 e. The Hall–Kier alpha value is -1.92. The number of nitrogens with zero attached hydrogens (tertiary/aromatic N) is 3. The van der Waals surface area contributed by atoms with E-state index in [9.17, 15) is 14.4 Å². The number of imide groups is 1. The maximum Gasteiger partial charge on any atom is 0.352 e. The van der Waals surface area contributed by atoms with Crippen molar-refractivity contribution in [1.82, 2.24) is 15.1 Å². The SMILES string of the molecule is CNC(=O)N(C)C1=NC(=O)N(C)C1=O. The highest BCUT2D eigenvalue weighted by atomic mass is 16.2. The fourth-order valence-electron chi connectivity index (χ4n) is 0.933. The van der Waals surface area contributed by atoms with E-state index in [0.29, 0.717) is 0 Å². The molecule has 0 saturated heterocycles. The molecule has 1 N–H and O–H groups in total. The largest absolute Gasteiger partial charge is 0.352 e. The standard InChI is InChI=1S/C7H10N4O3/c1-8-6(13)10(2)4-5(12)11(3)7(14)9-4/h1-3H3,(H,8,13). The van der Waals surface area contributed by atoms with Gasteiger partial charge in [-0.25, -0.2) is 9.59 Å². The molecule has 0 unspecified atom stereocenters. The summed E-state index contributed by atoms with van der Waals surface area (Å²) in [6, 6.07) is -1.17. The summed E-state index contributed by atoms with van der Waals surface area (Å²) in [7, 11) is 4.09. The van der Waals surface area contributed by atoms with E-state index in [1.165, 1.54) is 21.1 Å². The van der Waals surface area contributed by atoms with E-state index in [-0.39, 0.29) is 5.84 Å². The van der Waals surface area contributed by atoms with Crippen molar-refractivity contribution in [1.29, 1.82) is 0 Å². The average molecular weight is 198 g/mol. The predicted molar refractivity (Wildman–Crippen MR) is 47.8 cm³/mol. The van der Waals surface area contributed by atoms with Crippen molar-refractivity contribution < 1.29 is 14.4 Å². The molecule has 0 saturated carbocycles. The van der Waals surface area contributed by atoms with E-state index in [2.05, 4.69) is 10.3 Å². The lowest BCUT2D eigenvalue weighted by atomic mass is 10.5. The summed E-state index contributed by atoms with van der Waals surface area (Å²) < 4.78 is 0. The van der Waals surface area contributed by atoms with Crippen molar-refractivity contribution >= 4 is 23.8 Å². The second kappa shape index (κ2) is 3.44. The van der Waals surface area contributed by atoms with Gasteiger partial charge in [0.1, 0.15) is 0 Å². The Balaban J connectivity index is 2.90. The number of amides is 5. The minimum absolute atomic E-state index is 0.170. The molecule has 0 atom stereocenters. The zero-order valence-electron chi connectivity index (χ0n) is 8.07. The fourth-order valence-corrected chi connectivity index (χ4v) is 0.933. The number of carbonyl (C=O) groups excluding carboxylic acids is 3. The molecule has 76 valence electrons. The van der Waals surface area contributed by atoms with Crippen molar-refractivity contribution in [2.24, 2.45) is 4.99 Å². The number of urea groups is 2. The van der Waals surface area contributed by atoms with Crippen LogP contribution in [-0.4, -0.2) is 54.7 Å². The maximum atomic E-state index is 11.3. The molecule has 1 aliphatic rings. The van der Waals surface area contributed by atoms with E-state index in [4.69, 9.17) is 0 Å². The normalized spacial score (nSPS) is 15.6. The second-order valence-electron chi connectivity index (χ2n) is 2.70. The molecule has 0 aromatic carbocycles. The first-order valence-electron chi connectivity index (χ1n) is 3.85. The van der Waals surface area contributed by atoms with E-state index in [0.717, 1.165) is 9.80 Å². The van der Waals surface area contributed by atoms with Crippen LogP contribution in [0.5, 0.6) is 0 Å². The molecule has 7 nitrogen and oxygen atoms in total. The molecular weight excluding hydrogens is 188 g/mol. The number of hydrogen-bond acceptors (Lipinski definition) is 3. The molecule has 0 aromatic heterocycles. The number of aliphatic imine (C=N–C) groups is 1. The number of nitrogens with one attached hydrogen (secondary N) is 1. The Morgan fingerprint density at radius 2 is 2.07 bits per heavy atom. The third-order valence-electron chi connectivity index (χ3n) is 1.82. The molecule has 5 amide bonds. The van der Waals surface area contributed by atoms with Crippen LogP contribution in [0.1, 0.15) is 0 Å². The third-order valence-corrected chi connectivity index (χ3v) is 1.82. The zero-order valence-corrected chi connectivity index (χ0v) is 8.07. The molecule has 0 radical (unpaired) electrons. The van der Waals surface area contributed by atoms with Crippen molar-refractivity contribution in [2.75, 3.05) is 21.1 Å². The summed E-state index contributed by atoms with van der Waals surface area (Å²) >= 11 is 0. The van der Waals surface area contributed by atoms with E-state index in [1.807, 2.05) is 0 Å². The van der Waals surface area contributed by atoms with Crippen LogP contribution >= 0.6 is 0 Å². The molecule has 0 aliphatic carbocycles. The third kappa shape index (κ3) is 1.43. The van der Waals surface area contributed by atoms with Crippen LogP contribution in [0.25, 0.3) is 0 Å². The molecule has 0 bridgehead atoms. The van der Waals surface area contributed by atoms with Gasteiger partial charge in [0.15, 0.2) is 0 Å². The molecular formula is C7H10N4O3. The first-order chi connectivity index (χ1) is 6.49. The highest BCUT2D eigenvalue weighted by molar-refractivity contribution is 6.46. The topological polar surface area (TPSA) is 82.1 Å². The highest BCUT2D eigenvalue weighted by Crippen LogP contribution is 2.05. The number of carbonyl (C=O) groups is 3. The van der Waals surface area contributed by atoms with Crippen LogP contribution in [0.4, 0.5) is 9.59 Å². The summed E-state index contributed by atoms with van der Waals surface area (Å²) in [5.74, 6) is -0.752. The maximum absolute atomic E-state index is 11.3. The first kappa shape index (κ1) is 10.2. The van der Waals surface area contributed by atoms with Crippen molar-refractivity contribution in [3.63, 3.8) is 0 Å². The molecule has 1 heterocycles. The Labute approximate surface area is 80.4 Å². The highest BCUT2D eigenvalue weighted by Gasteiger charge is 2.34. The lowest BCUT2D eigenvalue weighted by molar-refractivity contribution is -0.120. The molecule has 1 aliphatic heterocycles. The van der Waals surface area contributed by atoms with Gasteiger partial charge in [-0.1, -0.05) is 0 Å². The molecule has 14 heavy (non-hydrogen) atoms. The van der Waals surface area contributed by atoms with Gasteiger partial charge in [0.25, 0.3) is 5.91 Å². The fraction of sp³-hybridized carbons (Fsp3) is 0.429. The Morgan fingerprint density at radius 3 is 2.43 bits per heavy atom. The van der Waals surface area contributed by atoms with Gasteiger partial charge in [-0.15, -0.1) is 0 Å². The van der Waals surface area contributed by atoms with Gasteiger partial charge in [-0.2, -0.15) is 4.99 Å². The molecule has 0 fully saturated rings. The number of rotatable bonds is 0. The summed E-state index contributed by atoms with van der Waals surface area (Å²) in [6.07, 6.45) is 0. The smallest absolute Gasteiger partial charge is 0.341 e. The first-order valence-corrected chi connectivity index (χ1v) is 3.85. The number of hydrogen-bond donors (Lipinski definition) is 1. The number of amidine groups is 1. The molecule has 0 spiro atoms. The van der Waals surface area contributed by atoms with Crippen molar-refractivity contribution in [2.45, 2.75) is 0 Å². The minimum atomic E-state index is -0.666. The van der Waals surface area contributed by atoms with Crippen LogP contribution in [-0.2, 0) is 4.79 Å². The summed E-state index contributed by atoms with van der Waals surface area (Å²) in [4.78, 5) is 38.7. The van der Waals surface area contributed by atoms with E-state index >= 15 is 0 Å². The van der Waals surface area contributed by atoms with Gasteiger partial charge in [0, 0.05) is 21.1 Å². The van der Waals surface area contributed by atoms with E-state index in [1.54, 1.807) is 0 Å².